The van der Waals surface area contributed by atoms with Crippen LogP contribution < -0.4 is 5.46 Å². The fourth-order valence-corrected chi connectivity index (χ4v) is 3.04. The Balaban J connectivity index is 2.24. The molecule has 1 fully saturated rings. The van der Waals surface area contributed by atoms with Crippen LogP contribution in [0, 0.1) is 0 Å². The zero-order valence-electron chi connectivity index (χ0n) is 9.78. The summed E-state index contributed by atoms with van der Waals surface area (Å²) in [5, 5.41) is 0. The molecule has 1 heterocycles. The van der Waals surface area contributed by atoms with Crippen molar-refractivity contribution in [2.45, 2.75) is 38.0 Å². The number of rotatable bonds is 1. The van der Waals surface area contributed by atoms with Crippen LogP contribution in [0.2, 0.25) is 0 Å². The van der Waals surface area contributed by atoms with Gasteiger partial charge in [0, 0.05) is 4.75 Å². The maximum Gasteiger partial charge on any atom is 0.397 e. The van der Waals surface area contributed by atoms with Crippen LogP contribution in [0.25, 0.3) is 0 Å². The van der Waals surface area contributed by atoms with E-state index in [4.69, 9.17) is 4.65 Å². The van der Waals surface area contributed by atoms with Gasteiger partial charge in [0.2, 0.25) is 0 Å². The van der Waals surface area contributed by atoms with Crippen molar-refractivity contribution >= 4 is 23.3 Å². The van der Waals surface area contributed by atoms with E-state index in [9.17, 15) is 0 Å². The van der Waals surface area contributed by atoms with E-state index in [-0.39, 0.29) is 16.5 Å². The molecule has 0 aliphatic carbocycles. The van der Waals surface area contributed by atoms with Gasteiger partial charge in [-0.25, -0.2) is 0 Å². The van der Waals surface area contributed by atoms with Crippen molar-refractivity contribution in [1.29, 1.82) is 0 Å². The largest absolute Gasteiger partial charge is 0.416 e. The Kier molecular flexibility index (Phi) is 2.64. The van der Waals surface area contributed by atoms with E-state index in [1.165, 1.54) is 5.46 Å². The Labute approximate surface area is 96.6 Å². The van der Waals surface area contributed by atoms with Crippen LogP contribution >= 0.6 is 11.6 Å². The molecule has 1 aromatic carbocycles. The van der Waals surface area contributed by atoms with Crippen molar-refractivity contribution in [2.24, 2.45) is 0 Å². The second kappa shape index (κ2) is 3.57. The van der Waals surface area contributed by atoms with Gasteiger partial charge in [-0.2, -0.15) is 11.6 Å². The zero-order chi connectivity index (χ0) is 11.1. The smallest absolute Gasteiger partial charge is 0.397 e. The average Bonchev–Trinajstić information content (AvgIpc) is 2.38. The number of hydrogen-bond acceptors (Lipinski definition) is 2. The van der Waals surface area contributed by atoms with Crippen molar-refractivity contribution in [3.8, 4) is 0 Å². The van der Waals surface area contributed by atoms with Crippen LogP contribution in [0.3, 0.4) is 0 Å². The first kappa shape index (κ1) is 11.1. The van der Waals surface area contributed by atoms with Gasteiger partial charge in [-0.3, -0.25) is 0 Å². The van der Waals surface area contributed by atoms with Crippen LogP contribution in [-0.2, 0) is 4.65 Å². The van der Waals surface area contributed by atoms with Crippen LogP contribution in [0.15, 0.2) is 30.3 Å². The molecule has 0 atom stereocenters. The van der Waals surface area contributed by atoms with Crippen molar-refractivity contribution in [2.75, 3.05) is 0 Å². The minimum Gasteiger partial charge on any atom is -0.416 e. The highest BCUT2D eigenvalue weighted by molar-refractivity contribution is 8.27. The Hall–Kier alpha value is -0.405. The van der Waals surface area contributed by atoms with Gasteiger partial charge in [0.25, 0.3) is 0 Å². The highest BCUT2D eigenvalue weighted by Gasteiger charge is 2.50. The van der Waals surface area contributed by atoms with Crippen LogP contribution in [-0.4, -0.2) is 16.5 Å². The lowest BCUT2D eigenvalue weighted by molar-refractivity contribution is 0.0938. The molecule has 3 heteroatoms. The first-order valence-electron chi connectivity index (χ1n) is 5.33. The van der Waals surface area contributed by atoms with Gasteiger partial charge in [0.15, 0.2) is 0 Å². The third-order valence-corrected chi connectivity index (χ3v) is 4.99. The van der Waals surface area contributed by atoms with Gasteiger partial charge >= 0.3 is 6.19 Å². The maximum atomic E-state index is 6.11. The van der Waals surface area contributed by atoms with Crippen LogP contribution in [0.5, 0.6) is 0 Å². The molecule has 0 radical (unpaired) electrons. The summed E-state index contributed by atoms with van der Waals surface area (Å²) >= 11 is 1.91. The average molecular weight is 220 g/mol. The molecule has 0 spiro atoms. The van der Waals surface area contributed by atoms with Crippen LogP contribution in [0.4, 0.5) is 0 Å². The lowest BCUT2D eigenvalue weighted by Crippen LogP contribution is -2.39. The monoisotopic (exact) mass is 220 g/mol. The summed E-state index contributed by atoms with van der Waals surface area (Å²) < 4.78 is 6.27. The fraction of sp³-hybridized carbons (Fsp3) is 0.500. The van der Waals surface area contributed by atoms with Gasteiger partial charge < -0.3 is 4.65 Å². The molecule has 15 heavy (non-hydrogen) atoms. The first-order chi connectivity index (χ1) is 6.92. The molecule has 0 unspecified atom stereocenters. The quantitative estimate of drug-likeness (QED) is 0.673. The van der Waals surface area contributed by atoms with Gasteiger partial charge in [-0.05, 0) is 33.2 Å². The summed E-state index contributed by atoms with van der Waals surface area (Å²) in [6, 6.07) is 10.4. The molecule has 1 nitrogen and oxygen atoms in total. The van der Waals surface area contributed by atoms with Crippen molar-refractivity contribution < 1.29 is 4.65 Å². The number of hydrogen-bond donors (Lipinski definition) is 0. The van der Waals surface area contributed by atoms with Gasteiger partial charge in [-0.1, -0.05) is 30.3 Å². The highest BCUT2D eigenvalue weighted by Crippen LogP contribution is 2.46. The van der Waals surface area contributed by atoms with E-state index in [1.807, 2.05) is 17.7 Å². The molecule has 0 N–H and O–H groups in total. The van der Waals surface area contributed by atoms with Crippen LogP contribution in [0.1, 0.15) is 27.7 Å². The predicted molar refractivity (Wildman–Crippen MR) is 68.7 cm³/mol. The molecule has 80 valence electrons. The first-order valence-corrected chi connectivity index (χ1v) is 6.21. The molecule has 0 bridgehead atoms. The predicted octanol–water partition coefficient (Wildman–Crippen LogP) is 2.70. The summed E-state index contributed by atoms with van der Waals surface area (Å²) in [7, 11) is 0. The molecular formula is C12H17BOS. The Morgan fingerprint density at radius 2 is 1.67 bits per heavy atom. The minimum atomic E-state index is -0.0713. The summed E-state index contributed by atoms with van der Waals surface area (Å²) in [5.41, 5.74) is 1.19. The summed E-state index contributed by atoms with van der Waals surface area (Å²) in [6.45, 7) is 8.84. The van der Waals surface area contributed by atoms with Gasteiger partial charge in [0.05, 0.1) is 5.60 Å². The SMILES string of the molecule is CC1(C)OB(c2ccccc2)SC1(C)C. The van der Waals surface area contributed by atoms with E-state index < -0.39 is 0 Å². The van der Waals surface area contributed by atoms with Crippen molar-refractivity contribution in [3.63, 3.8) is 0 Å². The van der Waals surface area contributed by atoms with Gasteiger partial charge in [0.1, 0.15) is 0 Å². The normalized spacial score (nSPS) is 23.1. The zero-order valence-corrected chi connectivity index (χ0v) is 10.6. The molecule has 1 saturated heterocycles. The Morgan fingerprint density at radius 1 is 1.07 bits per heavy atom. The van der Waals surface area contributed by atoms with E-state index in [1.54, 1.807) is 0 Å². The molecule has 0 saturated carbocycles. The molecule has 1 aliphatic heterocycles. The van der Waals surface area contributed by atoms with Crippen molar-refractivity contribution in [3.05, 3.63) is 30.3 Å². The van der Waals surface area contributed by atoms with Gasteiger partial charge in [-0.15, -0.1) is 0 Å². The van der Waals surface area contributed by atoms with Crippen molar-refractivity contribution in [1.82, 2.24) is 0 Å². The summed E-state index contributed by atoms with van der Waals surface area (Å²) in [5.74, 6) is 0. The third kappa shape index (κ3) is 1.95. The fourth-order valence-electron chi connectivity index (χ4n) is 1.59. The Bertz CT molecular complexity index is 332. The topological polar surface area (TPSA) is 9.23 Å². The van der Waals surface area contributed by atoms with E-state index >= 15 is 0 Å². The number of benzene rings is 1. The molecule has 1 aromatic rings. The summed E-state index contributed by atoms with van der Waals surface area (Å²) in [4.78, 5) is 0. The second-order valence-electron chi connectivity index (χ2n) is 5.00. The standard InChI is InChI=1S/C12H17BOS/c1-11(2)12(3,4)15-13(14-11)10-8-6-5-7-9-10/h5-9H,1-4H3. The minimum absolute atomic E-state index is 0.0713. The molecular weight excluding hydrogens is 203 g/mol. The third-order valence-electron chi connectivity index (χ3n) is 3.32. The lowest BCUT2D eigenvalue weighted by atomic mass is 9.84. The van der Waals surface area contributed by atoms with E-state index in [2.05, 4.69) is 52.0 Å². The van der Waals surface area contributed by atoms with E-state index in [0.29, 0.717) is 0 Å². The van der Waals surface area contributed by atoms with E-state index in [0.717, 1.165) is 0 Å². The maximum absolute atomic E-state index is 6.11. The highest BCUT2D eigenvalue weighted by atomic mass is 32.2. The summed E-state index contributed by atoms with van der Waals surface area (Å²) in [6.07, 6.45) is 0.177. The molecule has 0 amide bonds. The second-order valence-corrected chi connectivity index (χ2v) is 6.68. The Morgan fingerprint density at radius 3 is 2.13 bits per heavy atom. The molecule has 2 rings (SSSR count). The molecule has 1 aliphatic rings. The lowest BCUT2D eigenvalue weighted by Gasteiger charge is -2.32. The molecule has 0 aromatic heterocycles.